The standard InChI is InChI=1S/C18H17F6N3O/c1-4-14-10(2)16(17(19,20)21,18(22,23)24)13(9-25)15(26)27(14)11-5-7-12(28-3)8-6-11/h4-8,10H,26H2,1-3H3/b14-4-. The predicted molar refractivity (Wildman–Crippen MR) is 89.8 cm³/mol. The Bertz CT molecular complexity index is 832. The highest BCUT2D eigenvalue weighted by Gasteiger charge is 2.77. The van der Waals surface area contributed by atoms with Crippen LogP contribution in [0, 0.1) is 22.7 Å². The fraction of sp³-hybridized carbons (Fsp3) is 0.389. The molecule has 0 saturated carbocycles. The molecule has 1 unspecified atom stereocenters. The maximum atomic E-state index is 13.9. The molecule has 0 fully saturated rings. The van der Waals surface area contributed by atoms with Gasteiger partial charge in [0, 0.05) is 17.3 Å². The molecule has 0 bridgehead atoms. The van der Waals surface area contributed by atoms with Gasteiger partial charge in [-0.1, -0.05) is 13.0 Å². The maximum absolute atomic E-state index is 13.9. The van der Waals surface area contributed by atoms with Gasteiger partial charge in [-0.25, -0.2) is 0 Å². The second-order valence-corrected chi connectivity index (χ2v) is 6.14. The summed E-state index contributed by atoms with van der Waals surface area (Å²) in [6.45, 7) is 2.10. The van der Waals surface area contributed by atoms with E-state index in [9.17, 15) is 31.6 Å². The minimum absolute atomic E-state index is 0.198. The number of nitrogens with zero attached hydrogens (tertiary/aromatic N) is 2. The van der Waals surface area contributed by atoms with Gasteiger partial charge in [-0.15, -0.1) is 0 Å². The number of methoxy groups -OCH3 is 1. The number of hydrogen-bond acceptors (Lipinski definition) is 4. The molecule has 0 radical (unpaired) electrons. The first-order valence-electron chi connectivity index (χ1n) is 8.02. The van der Waals surface area contributed by atoms with Crippen molar-refractivity contribution in [2.24, 2.45) is 17.1 Å². The van der Waals surface area contributed by atoms with E-state index >= 15 is 0 Å². The highest BCUT2D eigenvalue weighted by atomic mass is 19.4. The normalized spacial score (nSPS) is 21.6. The van der Waals surface area contributed by atoms with Crippen LogP contribution in [0.4, 0.5) is 32.0 Å². The Morgan fingerprint density at radius 3 is 2.00 bits per heavy atom. The summed E-state index contributed by atoms with van der Waals surface area (Å²) in [6.07, 6.45) is -10.5. The summed E-state index contributed by atoms with van der Waals surface area (Å²) in [6, 6.07) is 6.87. The van der Waals surface area contributed by atoms with Crippen LogP contribution in [0.2, 0.25) is 0 Å². The van der Waals surface area contributed by atoms with Crippen molar-refractivity contribution >= 4 is 5.69 Å². The zero-order valence-corrected chi connectivity index (χ0v) is 15.1. The first kappa shape index (κ1) is 21.5. The van der Waals surface area contributed by atoms with Gasteiger partial charge in [0.15, 0.2) is 0 Å². The molecule has 28 heavy (non-hydrogen) atoms. The fourth-order valence-corrected chi connectivity index (χ4v) is 3.56. The van der Waals surface area contributed by atoms with Crippen LogP contribution < -0.4 is 15.4 Å². The molecule has 152 valence electrons. The molecule has 4 nitrogen and oxygen atoms in total. The fourth-order valence-electron chi connectivity index (χ4n) is 3.56. The van der Waals surface area contributed by atoms with Gasteiger partial charge in [-0.2, -0.15) is 31.6 Å². The number of halogens is 6. The average Bonchev–Trinajstić information content (AvgIpc) is 2.60. The molecule has 2 N–H and O–H groups in total. The molecule has 1 aromatic carbocycles. The third-order valence-corrected chi connectivity index (χ3v) is 4.88. The molecule has 1 heterocycles. The number of alkyl halides is 6. The lowest BCUT2D eigenvalue weighted by molar-refractivity contribution is -0.337. The Morgan fingerprint density at radius 2 is 1.64 bits per heavy atom. The Labute approximate surface area is 157 Å². The van der Waals surface area contributed by atoms with Gasteiger partial charge in [-0.3, -0.25) is 0 Å². The van der Waals surface area contributed by atoms with Crippen molar-refractivity contribution in [3.63, 3.8) is 0 Å². The molecule has 1 aliphatic rings. The van der Waals surface area contributed by atoms with Gasteiger partial charge in [0.25, 0.3) is 0 Å². The van der Waals surface area contributed by atoms with E-state index in [1.54, 1.807) is 0 Å². The number of allylic oxidation sites excluding steroid dienone is 3. The summed E-state index contributed by atoms with van der Waals surface area (Å²) in [4.78, 5) is 1.03. The summed E-state index contributed by atoms with van der Waals surface area (Å²) < 4.78 is 88.2. The van der Waals surface area contributed by atoms with Gasteiger partial charge in [-0.05, 0) is 31.2 Å². The van der Waals surface area contributed by atoms with Crippen LogP contribution in [0.3, 0.4) is 0 Å². The van der Waals surface area contributed by atoms with E-state index in [0.29, 0.717) is 5.75 Å². The number of nitrogens with two attached hydrogens (primary N) is 1. The number of hydrogen-bond donors (Lipinski definition) is 1. The van der Waals surface area contributed by atoms with Crippen molar-refractivity contribution in [3.8, 4) is 11.8 Å². The molecule has 0 amide bonds. The summed E-state index contributed by atoms with van der Waals surface area (Å²) in [7, 11) is 1.40. The number of nitriles is 1. The quantitative estimate of drug-likeness (QED) is 0.714. The van der Waals surface area contributed by atoms with Crippen molar-refractivity contribution < 1.29 is 31.1 Å². The number of ether oxygens (including phenoxy) is 1. The summed E-state index contributed by atoms with van der Waals surface area (Å²) in [5.74, 6) is -2.64. The van der Waals surface area contributed by atoms with Gasteiger partial charge in [0.2, 0.25) is 5.41 Å². The number of benzene rings is 1. The largest absolute Gasteiger partial charge is 0.497 e. The van der Waals surface area contributed by atoms with E-state index < -0.39 is 35.1 Å². The molecule has 2 rings (SSSR count). The molecule has 1 aromatic rings. The molecule has 1 aliphatic heterocycles. The van der Waals surface area contributed by atoms with E-state index in [4.69, 9.17) is 10.5 Å². The van der Waals surface area contributed by atoms with Gasteiger partial charge >= 0.3 is 12.4 Å². The highest BCUT2D eigenvalue weighted by Crippen LogP contribution is 2.63. The van der Waals surface area contributed by atoms with Gasteiger partial charge < -0.3 is 15.4 Å². The summed E-state index contributed by atoms with van der Waals surface area (Å²) in [5, 5.41) is 9.29. The Hall–Kier alpha value is -2.83. The smallest absolute Gasteiger partial charge is 0.408 e. The minimum Gasteiger partial charge on any atom is -0.497 e. The second-order valence-electron chi connectivity index (χ2n) is 6.14. The third-order valence-electron chi connectivity index (χ3n) is 4.88. The van der Waals surface area contributed by atoms with Crippen LogP contribution in [0.25, 0.3) is 0 Å². The molecular formula is C18H17F6N3O. The van der Waals surface area contributed by atoms with Gasteiger partial charge in [0.1, 0.15) is 11.6 Å². The van der Waals surface area contributed by atoms with E-state index in [1.807, 2.05) is 0 Å². The Kier molecular flexibility index (Phi) is 5.34. The predicted octanol–water partition coefficient (Wildman–Crippen LogP) is 4.86. The monoisotopic (exact) mass is 405 g/mol. The lowest BCUT2D eigenvalue weighted by atomic mass is 9.65. The van der Waals surface area contributed by atoms with E-state index in [1.165, 1.54) is 38.3 Å². The molecule has 1 atom stereocenters. The van der Waals surface area contributed by atoms with Crippen molar-refractivity contribution in [1.29, 1.82) is 5.26 Å². The Morgan fingerprint density at radius 1 is 1.14 bits per heavy atom. The summed E-state index contributed by atoms with van der Waals surface area (Å²) in [5.41, 5.74) is -0.375. The number of rotatable bonds is 2. The van der Waals surface area contributed by atoms with Crippen LogP contribution in [-0.4, -0.2) is 19.5 Å². The zero-order chi connectivity index (χ0) is 21.5. The van der Waals surface area contributed by atoms with Crippen molar-refractivity contribution in [2.45, 2.75) is 26.2 Å². The van der Waals surface area contributed by atoms with Crippen LogP contribution in [-0.2, 0) is 0 Å². The first-order chi connectivity index (χ1) is 12.9. The van der Waals surface area contributed by atoms with Crippen molar-refractivity contribution in [2.75, 3.05) is 12.0 Å². The van der Waals surface area contributed by atoms with Crippen LogP contribution in [0.1, 0.15) is 13.8 Å². The molecule has 10 heteroatoms. The van der Waals surface area contributed by atoms with Crippen molar-refractivity contribution in [3.05, 3.63) is 47.4 Å². The molecule has 0 saturated heterocycles. The van der Waals surface area contributed by atoms with Crippen LogP contribution >= 0.6 is 0 Å². The average molecular weight is 405 g/mol. The molecular weight excluding hydrogens is 388 g/mol. The van der Waals surface area contributed by atoms with Gasteiger partial charge in [0.05, 0.1) is 18.8 Å². The van der Waals surface area contributed by atoms with Crippen LogP contribution in [0.5, 0.6) is 5.75 Å². The topological polar surface area (TPSA) is 62.3 Å². The SMILES string of the molecule is C/C=C1/C(C)C(C(F)(F)F)(C(F)(F)F)C(C#N)=C(N)N1c1ccc(OC)cc1. The highest BCUT2D eigenvalue weighted by molar-refractivity contribution is 5.65. The maximum Gasteiger partial charge on any atom is 0.408 e. The lowest BCUT2D eigenvalue weighted by Gasteiger charge is -2.49. The molecule has 0 aromatic heterocycles. The molecule has 0 aliphatic carbocycles. The zero-order valence-electron chi connectivity index (χ0n) is 15.1. The van der Waals surface area contributed by atoms with E-state index in [0.717, 1.165) is 24.0 Å². The van der Waals surface area contributed by atoms with Crippen molar-refractivity contribution in [1.82, 2.24) is 0 Å². The first-order valence-corrected chi connectivity index (χ1v) is 8.02. The minimum atomic E-state index is -5.79. The van der Waals surface area contributed by atoms with E-state index in [-0.39, 0.29) is 11.4 Å². The summed E-state index contributed by atoms with van der Waals surface area (Å²) >= 11 is 0. The lowest BCUT2D eigenvalue weighted by Crippen LogP contribution is -2.60. The second kappa shape index (κ2) is 6.96. The van der Waals surface area contributed by atoms with E-state index in [2.05, 4.69) is 0 Å². The molecule has 0 spiro atoms. The Balaban J connectivity index is 2.90. The van der Waals surface area contributed by atoms with Crippen LogP contribution in [0.15, 0.2) is 47.4 Å². The third kappa shape index (κ3) is 2.85. The number of anilines is 1.